The molecule has 0 aliphatic carbocycles. The van der Waals surface area contributed by atoms with Gasteiger partial charge in [0.25, 0.3) is 0 Å². The standard InChI is InChI=1S/C14H19ClN2/c1-4-14(5-2,6-3)17-13-9-12(15)8-7-11(13)10-16/h7-9,17H,4-6H2,1-3H3. The molecule has 0 spiro atoms. The predicted molar refractivity (Wildman–Crippen MR) is 73.4 cm³/mol. The highest BCUT2D eigenvalue weighted by Gasteiger charge is 2.24. The molecule has 1 N–H and O–H groups in total. The molecule has 0 aromatic heterocycles. The zero-order chi connectivity index (χ0) is 12.9. The van der Waals surface area contributed by atoms with E-state index in [4.69, 9.17) is 16.9 Å². The lowest BCUT2D eigenvalue weighted by Gasteiger charge is -2.33. The van der Waals surface area contributed by atoms with Crippen LogP contribution in [0.15, 0.2) is 18.2 Å². The molecule has 3 heteroatoms. The van der Waals surface area contributed by atoms with Crippen molar-refractivity contribution in [3.63, 3.8) is 0 Å². The van der Waals surface area contributed by atoms with E-state index in [0.717, 1.165) is 24.9 Å². The van der Waals surface area contributed by atoms with Gasteiger partial charge in [-0.05, 0) is 37.5 Å². The molecule has 0 amide bonds. The van der Waals surface area contributed by atoms with Crippen molar-refractivity contribution in [1.82, 2.24) is 0 Å². The van der Waals surface area contributed by atoms with Gasteiger partial charge in [-0.3, -0.25) is 0 Å². The van der Waals surface area contributed by atoms with E-state index in [-0.39, 0.29) is 5.54 Å². The minimum absolute atomic E-state index is 0.0519. The molecule has 0 fully saturated rings. The van der Waals surface area contributed by atoms with Crippen LogP contribution in [0.3, 0.4) is 0 Å². The van der Waals surface area contributed by atoms with Gasteiger partial charge < -0.3 is 5.32 Å². The quantitative estimate of drug-likeness (QED) is 0.830. The molecule has 0 bridgehead atoms. The fourth-order valence-electron chi connectivity index (χ4n) is 2.02. The molecule has 1 aromatic rings. The minimum Gasteiger partial charge on any atom is -0.379 e. The predicted octanol–water partition coefficient (Wildman–Crippen LogP) is 4.59. The van der Waals surface area contributed by atoms with E-state index in [1.807, 2.05) is 6.07 Å². The summed E-state index contributed by atoms with van der Waals surface area (Å²) in [5, 5.41) is 13.2. The summed E-state index contributed by atoms with van der Waals surface area (Å²) >= 11 is 5.98. The molecule has 0 heterocycles. The van der Waals surface area contributed by atoms with E-state index < -0.39 is 0 Å². The van der Waals surface area contributed by atoms with Crippen LogP contribution < -0.4 is 5.32 Å². The third-order valence-electron chi connectivity index (χ3n) is 3.53. The summed E-state index contributed by atoms with van der Waals surface area (Å²) in [7, 11) is 0. The third kappa shape index (κ3) is 3.14. The van der Waals surface area contributed by atoms with Gasteiger partial charge in [-0.1, -0.05) is 32.4 Å². The Kier molecular flexibility index (Phi) is 4.84. The molecular formula is C14H19ClN2. The van der Waals surface area contributed by atoms with Gasteiger partial charge in [-0.15, -0.1) is 0 Å². The smallest absolute Gasteiger partial charge is 0.101 e. The summed E-state index contributed by atoms with van der Waals surface area (Å²) in [5.41, 5.74) is 1.54. The zero-order valence-corrected chi connectivity index (χ0v) is 11.4. The molecule has 0 saturated carbocycles. The Balaban J connectivity index is 3.09. The van der Waals surface area contributed by atoms with E-state index >= 15 is 0 Å². The Morgan fingerprint density at radius 1 is 1.24 bits per heavy atom. The summed E-state index contributed by atoms with van der Waals surface area (Å²) in [4.78, 5) is 0. The van der Waals surface area contributed by atoms with Crippen LogP contribution in [0.4, 0.5) is 5.69 Å². The van der Waals surface area contributed by atoms with E-state index in [9.17, 15) is 0 Å². The molecule has 92 valence electrons. The van der Waals surface area contributed by atoms with Crippen molar-refractivity contribution in [2.24, 2.45) is 0 Å². The lowest BCUT2D eigenvalue weighted by molar-refractivity contribution is 0.420. The summed E-state index contributed by atoms with van der Waals surface area (Å²) in [6.45, 7) is 6.49. The van der Waals surface area contributed by atoms with Crippen LogP contribution in [0.25, 0.3) is 0 Å². The second-order valence-electron chi connectivity index (χ2n) is 4.27. The average molecular weight is 251 g/mol. The Hall–Kier alpha value is -1.20. The van der Waals surface area contributed by atoms with Crippen LogP contribution in [0.1, 0.15) is 45.6 Å². The van der Waals surface area contributed by atoms with Gasteiger partial charge >= 0.3 is 0 Å². The van der Waals surface area contributed by atoms with Crippen molar-refractivity contribution in [2.45, 2.75) is 45.6 Å². The van der Waals surface area contributed by atoms with Gasteiger partial charge in [0.05, 0.1) is 11.3 Å². The van der Waals surface area contributed by atoms with Gasteiger partial charge in [0.15, 0.2) is 0 Å². The van der Waals surface area contributed by atoms with Gasteiger partial charge in [-0.2, -0.15) is 5.26 Å². The summed E-state index contributed by atoms with van der Waals surface area (Å²) in [5.74, 6) is 0. The highest BCUT2D eigenvalue weighted by molar-refractivity contribution is 6.30. The van der Waals surface area contributed by atoms with E-state index in [1.54, 1.807) is 12.1 Å². The number of nitrogens with one attached hydrogen (secondary N) is 1. The number of nitriles is 1. The fourth-order valence-corrected chi connectivity index (χ4v) is 2.19. The molecule has 0 radical (unpaired) electrons. The molecule has 17 heavy (non-hydrogen) atoms. The number of halogens is 1. The lowest BCUT2D eigenvalue weighted by Crippen LogP contribution is -2.36. The summed E-state index contributed by atoms with van der Waals surface area (Å²) in [6, 6.07) is 7.53. The zero-order valence-electron chi connectivity index (χ0n) is 10.7. The van der Waals surface area contributed by atoms with Gasteiger partial charge in [0.2, 0.25) is 0 Å². The lowest BCUT2D eigenvalue weighted by atomic mass is 9.89. The van der Waals surface area contributed by atoms with Gasteiger partial charge in [0, 0.05) is 10.6 Å². The maximum absolute atomic E-state index is 9.09. The van der Waals surface area contributed by atoms with Crippen molar-refractivity contribution in [3.05, 3.63) is 28.8 Å². The van der Waals surface area contributed by atoms with Crippen LogP contribution in [0, 0.1) is 11.3 Å². The van der Waals surface area contributed by atoms with E-state index in [2.05, 4.69) is 32.2 Å². The Morgan fingerprint density at radius 3 is 2.29 bits per heavy atom. The van der Waals surface area contributed by atoms with Crippen LogP contribution in [-0.2, 0) is 0 Å². The minimum atomic E-state index is 0.0519. The first-order valence-electron chi connectivity index (χ1n) is 6.08. The van der Waals surface area contributed by atoms with Crippen molar-refractivity contribution >= 4 is 17.3 Å². The van der Waals surface area contributed by atoms with E-state index in [0.29, 0.717) is 10.6 Å². The van der Waals surface area contributed by atoms with Gasteiger partial charge in [0.1, 0.15) is 6.07 Å². The van der Waals surface area contributed by atoms with Crippen molar-refractivity contribution < 1.29 is 0 Å². The number of hydrogen-bond acceptors (Lipinski definition) is 2. The molecule has 2 nitrogen and oxygen atoms in total. The molecule has 1 aromatic carbocycles. The topological polar surface area (TPSA) is 35.8 Å². The first-order chi connectivity index (χ1) is 8.10. The normalized spacial score (nSPS) is 11.0. The number of anilines is 1. The Labute approximate surface area is 109 Å². The molecule has 0 aliphatic heterocycles. The van der Waals surface area contributed by atoms with Crippen LogP contribution in [-0.4, -0.2) is 5.54 Å². The van der Waals surface area contributed by atoms with Gasteiger partial charge in [-0.25, -0.2) is 0 Å². The molecule has 0 saturated heterocycles. The van der Waals surface area contributed by atoms with Crippen molar-refractivity contribution in [2.75, 3.05) is 5.32 Å². The highest BCUT2D eigenvalue weighted by Crippen LogP contribution is 2.29. The van der Waals surface area contributed by atoms with Crippen LogP contribution in [0.2, 0.25) is 5.02 Å². The highest BCUT2D eigenvalue weighted by atomic mass is 35.5. The van der Waals surface area contributed by atoms with Crippen LogP contribution >= 0.6 is 11.6 Å². The molecule has 0 atom stereocenters. The fraction of sp³-hybridized carbons (Fsp3) is 0.500. The largest absolute Gasteiger partial charge is 0.379 e. The first kappa shape index (κ1) is 13.9. The monoisotopic (exact) mass is 250 g/mol. The number of nitrogens with zero attached hydrogens (tertiary/aromatic N) is 1. The number of benzene rings is 1. The first-order valence-corrected chi connectivity index (χ1v) is 6.46. The SMILES string of the molecule is CCC(CC)(CC)Nc1cc(Cl)ccc1C#N. The molecule has 1 rings (SSSR count). The maximum Gasteiger partial charge on any atom is 0.101 e. The van der Waals surface area contributed by atoms with E-state index in [1.165, 1.54) is 0 Å². The summed E-state index contributed by atoms with van der Waals surface area (Å²) in [6.07, 6.45) is 3.08. The molecule has 0 unspecified atom stereocenters. The molecule has 0 aliphatic rings. The summed E-state index contributed by atoms with van der Waals surface area (Å²) < 4.78 is 0. The second-order valence-corrected chi connectivity index (χ2v) is 4.70. The number of rotatable bonds is 5. The van der Waals surface area contributed by atoms with Crippen molar-refractivity contribution in [1.29, 1.82) is 5.26 Å². The number of hydrogen-bond donors (Lipinski definition) is 1. The average Bonchev–Trinajstić information content (AvgIpc) is 2.36. The second kappa shape index (κ2) is 5.93. The third-order valence-corrected chi connectivity index (χ3v) is 3.77. The Bertz CT molecular complexity index is 408. The van der Waals surface area contributed by atoms with Crippen LogP contribution in [0.5, 0.6) is 0 Å². The molecular weight excluding hydrogens is 232 g/mol. The van der Waals surface area contributed by atoms with Crippen molar-refractivity contribution in [3.8, 4) is 6.07 Å². The Morgan fingerprint density at radius 2 is 1.82 bits per heavy atom. The maximum atomic E-state index is 9.09.